The number of thiocarbonyl (C=S) groups is 1. The fourth-order valence-corrected chi connectivity index (χ4v) is 2.86. The Balaban J connectivity index is 1.95. The summed E-state index contributed by atoms with van der Waals surface area (Å²) in [5.41, 5.74) is 1.23. The van der Waals surface area contributed by atoms with Gasteiger partial charge in [0.2, 0.25) is 0 Å². The van der Waals surface area contributed by atoms with Crippen molar-refractivity contribution in [3.63, 3.8) is 0 Å². The molecule has 1 amide bonds. The van der Waals surface area contributed by atoms with Gasteiger partial charge in [-0.15, -0.1) is 0 Å². The van der Waals surface area contributed by atoms with E-state index in [9.17, 15) is 9.59 Å². The van der Waals surface area contributed by atoms with Gasteiger partial charge in [0.05, 0.1) is 22.7 Å². The van der Waals surface area contributed by atoms with Crippen LogP contribution in [0.25, 0.3) is 0 Å². The van der Waals surface area contributed by atoms with Gasteiger partial charge in [0.25, 0.3) is 5.91 Å². The summed E-state index contributed by atoms with van der Waals surface area (Å²) in [6.45, 7) is 0.323. The minimum atomic E-state index is -0.996. The molecule has 0 fully saturated rings. The molecule has 0 aliphatic heterocycles. The molecule has 0 atom stereocenters. The lowest BCUT2D eigenvalue weighted by atomic mass is 10.1. The number of ether oxygens (including phenoxy) is 1. The molecule has 26 heavy (non-hydrogen) atoms. The molecule has 3 N–H and O–H groups in total. The summed E-state index contributed by atoms with van der Waals surface area (Å²) < 4.78 is 5.03. The lowest BCUT2D eigenvalue weighted by Gasteiger charge is -2.11. The number of aromatic carboxylic acids is 1. The molecule has 0 bridgehead atoms. The summed E-state index contributed by atoms with van der Waals surface area (Å²) in [6, 6.07) is 9.14. The van der Waals surface area contributed by atoms with Crippen molar-refractivity contribution in [2.24, 2.45) is 0 Å². The average Bonchev–Trinajstić information content (AvgIpc) is 2.60. The van der Waals surface area contributed by atoms with Crippen molar-refractivity contribution in [1.29, 1.82) is 0 Å². The van der Waals surface area contributed by atoms with Gasteiger partial charge >= 0.3 is 5.97 Å². The van der Waals surface area contributed by atoms with Crippen LogP contribution in [-0.4, -0.2) is 29.2 Å². The smallest absolute Gasteiger partial charge is 0.335 e. The van der Waals surface area contributed by atoms with Crippen LogP contribution in [0.5, 0.6) is 5.75 Å². The van der Waals surface area contributed by atoms with E-state index in [1.165, 1.54) is 31.4 Å². The maximum atomic E-state index is 12.2. The Labute approximate surface area is 165 Å². The van der Waals surface area contributed by atoms with Gasteiger partial charge < -0.3 is 15.2 Å². The van der Waals surface area contributed by atoms with Crippen LogP contribution in [0.15, 0.2) is 36.4 Å². The van der Waals surface area contributed by atoms with Crippen LogP contribution < -0.4 is 15.4 Å². The summed E-state index contributed by atoms with van der Waals surface area (Å²) in [7, 11) is 1.43. The van der Waals surface area contributed by atoms with Gasteiger partial charge in [-0.05, 0) is 42.0 Å². The van der Waals surface area contributed by atoms with Crippen molar-refractivity contribution in [1.82, 2.24) is 10.6 Å². The Morgan fingerprint density at radius 2 is 1.69 bits per heavy atom. The minimum Gasteiger partial charge on any atom is -0.494 e. The minimum absolute atomic E-state index is 0.111. The molecule has 2 aromatic carbocycles. The molecule has 0 spiro atoms. The largest absolute Gasteiger partial charge is 0.494 e. The molecule has 136 valence electrons. The van der Waals surface area contributed by atoms with Gasteiger partial charge in [0.1, 0.15) is 0 Å². The number of benzene rings is 2. The predicted molar refractivity (Wildman–Crippen MR) is 103 cm³/mol. The second-order valence-corrected chi connectivity index (χ2v) is 6.33. The molecule has 0 aliphatic rings. The van der Waals surface area contributed by atoms with E-state index in [-0.39, 0.29) is 32.0 Å². The van der Waals surface area contributed by atoms with Gasteiger partial charge in [0, 0.05) is 12.1 Å². The number of methoxy groups -OCH3 is 1. The zero-order chi connectivity index (χ0) is 19.3. The van der Waals surface area contributed by atoms with Crippen molar-refractivity contribution in [2.45, 2.75) is 6.54 Å². The molecular weight excluding hydrogens is 399 g/mol. The summed E-state index contributed by atoms with van der Waals surface area (Å²) >= 11 is 17.1. The molecule has 0 aliphatic carbocycles. The quantitative estimate of drug-likeness (QED) is 0.651. The lowest BCUT2D eigenvalue weighted by Crippen LogP contribution is -2.38. The normalized spacial score (nSPS) is 10.1. The molecule has 0 radical (unpaired) electrons. The Morgan fingerprint density at radius 3 is 2.19 bits per heavy atom. The highest BCUT2D eigenvalue weighted by molar-refractivity contribution is 7.80. The molecule has 0 heterocycles. The summed E-state index contributed by atoms with van der Waals surface area (Å²) in [5, 5.41) is 14.8. The first-order valence-corrected chi connectivity index (χ1v) is 8.42. The van der Waals surface area contributed by atoms with E-state index in [1.54, 1.807) is 12.1 Å². The standard InChI is InChI=1S/C17H14Cl2N2O4S/c1-25-14-12(18)6-11(7-13(14)19)15(22)21-17(26)20-8-9-2-4-10(5-3-9)16(23)24/h2-7H,8H2,1H3,(H,23,24)(H2,20,21,22,26). The number of carbonyl (C=O) groups excluding carboxylic acids is 1. The van der Waals surface area contributed by atoms with Crippen LogP contribution in [0.2, 0.25) is 10.0 Å². The molecule has 9 heteroatoms. The van der Waals surface area contributed by atoms with E-state index in [0.29, 0.717) is 6.54 Å². The Bertz CT molecular complexity index is 833. The first kappa shape index (κ1) is 20.0. The molecule has 6 nitrogen and oxygen atoms in total. The number of halogens is 2. The van der Waals surface area contributed by atoms with E-state index in [4.69, 9.17) is 45.3 Å². The Kier molecular flexibility index (Phi) is 6.79. The van der Waals surface area contributed by atoms with Gasteiger partial charge in [-0.25, -0.2) is 4.79 Å². The summed E-state index contributed by atoms with van der Waals surface area (Å²) in [6.07, 6.45) is 0. The van der Waals surface area contributed by atoms with Crippen molar-refractivity contribution in [3.05, 3.63) is 63.1 Å². The van der Waals surface area contributed by atoms with Crippen molar-refractivity contribution in [2.75, 3.05) is 7.11 Å². The molecule has 2 aromatic rings. The van der Waals surface area contributed by atoms with Gasteiger partial charge in [-0.1, -0.05) is 35.3 Å². The number of hydrogen-bond acceptors (Lipinski definition) is 4. The van der Waals surface area contributed by atoms with Crippen LogP contribution in [0.4, 0.5) is 0 Å². The first-order valence-electron chi connectivity index (χ1n) is 7.26. The molecule has 0 unspecified atom stereocenters. The second kappa shape index (κ2) is 8.84. The SMILES string of the molecule is COc1c(Cl)cc(C(=O)NC(=S)NCc2ccc(C(=O)O)cc2)cc1Cl. The molecule has 0 aromatic heterocycles. The molecule has 0 saturated carbocycles. The number of hydrogen-bond donors (Lipinski definition) is 3. The Morgan fingerprint density at radius 1 is 1.12 bits per heavy atom. The van der Waals surface area contributed by atoms with E-state index < -0.39 is 11.9 Å². The van der Waals surface area contributed by atoms with E-state index in [0.717, 1.165) is 5.56 Å². The predicted octanol–water partition coefficient (Wildman–Crippen LogP) is 3.50. The second-order valence-electron chi connectivity index (χ2n) is 5.11. The first-order chi connectivity index (χ1) is 12.3. The third-order valence-corrected chi connectivity index (χ3v) is 4.15. The number of carboxylic acid groups (broad SMARTS) is 1. The average molecular weight is 413 g/mol. The number of amides is 1. The van der Waals surface area contributed by atoms with Crippen LogP contribution in [0.3, 0.4) is 0 Å². The fourth-order valence-electron chi connectivity index (χ4n) is 2.05. The van der Waals surface area contributed by atoms with E-state index in [2.05, 4.69) is 10.6 Å². The van der Waals surface area contributed by atoms with Crippen LogP contribution in [0.1, 0.15) is 26.3 Å². The van der Waals surface area contributed by atoms with Crippen LogP contribution >= 0.6 is 35.4 Å². The molecular formula is C17H14Cl2N2O4S. The van der Waals surface area contributed by atoms with Crippen molar-refractivity contribution < 1.29 is 19.4 Å². The zero-order valence-corrected chi connectivity index (χ0v) is 15.8. The van der Waals surface area contributed by atoms with Crippen LogP contribution in [0, 0.1) is 0 Å². The highest BCUT2D eigenvalue weighted by Crippen LogP contribution is 2.33. The summed E-state index contributed by atoms with van der Waals surface area (Å²) in [4.78, 5) is 23.0. The lowest BCUT2D eigenvalue weighted by molar-refractivity contribution is 0.0696. The fraction of sp³-hybridized carbons (Fsp3) is 0.118. The van der Waals surface area contributed by atoms with Gasteiger partial charge in [-0.3, -0.25) is 10.1 Å². The highest BCUT2D eigenvalue weighted by atomic mass is 35.5. The molecule has 2 rings (SSSR count). The Hall–Kier alpha value is -2.35. The topological polar surface area (TPSA) is 87.7 Å². The van der Waals surface area contributed by atoms with Gasteiger partial charge in [-0.2, -0.15) is 0 Å². The third kappa shape index (κ3) is 5.08. The summed E-state index contributed by atoms with van der Waals surface area (Å²) in [5.74, 6) is -1.19. The highest BCUT2D eigenvalue weighted by Gasteiger charge is 2.14. The molecule has 0 saturated heterocycles. The number of nitrogens with one attached hydrogen (secondary N) is 2. The third-order valence-electron chi connectivity index (χ3n) is 3.35. The number of carboxylic acids is 1. The number of carbonyl (C=O) groups is 2. The van der Waals surface area contributed by atoms with Crippen molar-refractivity contribution >= 4 is 52.4 Å². The van der Waals surface area contributed by atoms with Crippen molar-refractivity contribution in [3.8, 4) is 5.75 Å². The zero-order valence-electron chi connectivity index (χ0n) is 13.5. The monoisotopic (exact) mass is 412 g/mol. The van der Waals surface area contributed by atoms with Crippen LogP contribution in [-0.2, 0) is 6.54 Å². The van der Waals surface area contributed by atoms with E-state index in [1.807, 2.05) is 0 Å². The van der Waals surface area contributed by atoms with E-state index >= 15 is 0 Å². The maximum Gasteiger partial charge on any atom is 0.335 e. The number of rotatable bonds is 5. The maximum absolute atomic E-state index is 12.2. The van der Waals surface area contributed by atoms with Gasteiger partial charge in [0.15, 0.2) is 10.9 Å².